The lowest BCUT2D eigenvalue weighted by Gasteiger charge is -2.04. The second kappa shape index (κ2) is 5.78. The van der Waals surface area contributed by atoms with E-state index in [9.17, 15) is 0 Å². The molecule has 1 saturated carbocycles. The van der Waals surface area contributed by atoms with Gasteiger partial charge >= 0.3 is 0 Å². The fourth-order valence-electron chi connectivity index (χ4n) is 1.98. The molecule has 90 valence electrons. The summed E-state index contributed by atoms with van der Waals surface area (Å²) in [7, 11) is 0. The zero-order valence-corrected chi connectivity index (χ0v) is 10.9. The largest absolute Gasteiger partial charge is 0.322 e. The molecule has 0 spiro atoms. The average Bonchev–Trinajstić information content (AvgIpc) is 3.03. The molecule has 1 heterocycles. The molecule has 2 nitrogen and oxygen atoms in total. The molecule has 2 rings (SSSR count). The molecule has 0 aromatic carbocycles. The van der Waals surface area contributed by atoms with Gasteiger partial charge in [-0.15, -0.1) is 11.3 Å². The zero-order chi connectivity index (χ0) is 11.4. The van der Waals surface area contributed by atoms with Crippen molar-refractivity contribution in [3.63, 3.8) is 0 Å². The van der Waals surface area contributed by atoms with Crippen LogP contribution in [0.4, 0.5) is 0 Å². The molecule has 0 aliphatic heterocycles. The number of thiazole rings is 1. The zero-order valence-electron chi connectivity index (χ0n) is 10.1. The highest BCUT2D eigenvalue weighted by Gasteiger charge is 2.31. The fraction of sp³-hybridized carbons (Fsp3) is 0.769. The molecule has 2 N–H and O–H groups in total. The predicted octanol–water partition coefficient (Wildman–Crippen LogP) is 3.68. The van der Waals surface area contributed by atoms with Gasteiger partial charge in [-0.05, 0) is 31.6 Å². The van der Waals surface area contributed by atoms with Crippen molar-refractivity contribution in [2.75, 3.05) is 0 Å². The van der Waals surface area contributed by atoms with E-state index < -0.39 is 0 Å². The van der Waals surface area contributed by atoms with E-state index in [1.807, 2.05) is 0 Å². The number of hydrogen-bond acceptors (Lipinski definition) is 3. The third-order valence-electron chi connectivity index (χ3n) is 3.27. The predicted molar refractivity (Wildman–Crippen MR) is 69.6 cm³/mol. The van der Waals surface area contributed by atoms with Crippen LogP contribution in [0.25, 0.3) is 0 Å². The van der Waals surface area contributed by atoms with Gasteiger partial charge in [0.2, 0.25) is 0 Å². The number of nitrogens with two attached hydrogens (primary N) is 1. The van der Waals surface area contributed by atoms with Crippen molar-refractivity contribution >= 4 is 11.3 Å². The van der Waals surface area contributed by atoms with Gasteiger partial charge in [-0.1, -0.05) is 26.2 Å². The number of nitrogens with zero attached hydrogens (tertiary/aromatic N) is 1. The first-order valence-electron chi connectivity index (χ1n) is 6.51. The quantitative estimate of drug-likeness (QED) is 0.736. The van der Waals surface area contributed by atoms with Crippen molar-refractivity contribution < 1.29 is 0 Å². The summed E-state index contributed by atoms with van der Waals surface area (Å²) in [6.45, 7) is 2.25. The standard InChI is InChI=1S/C13H22N2S/c1-2-3-4-5-6-11-9-16-13(15-11)12(14)10-7-8-10/h9-10,12H,2-8,14H2,1H3. The number of aromatic nitrogens is 1. The molecule has 16 heavy (non-hydrogen) atoms. The van der Waals surface area contributed by atoms with Crippen molar-refractivity contribution in [1.82, 2.24) is 4.98 Å². The van der Waals surface area contributed by atoms with Gasteiger partial charge in [0, 0.05) is 5.38 Å². The van der Waals surface area contributed by atoms with Gasteiger partial charge in [0.05, 0.1) is 11.7 Å². The summed E-state index contributed by atoms with van der Waals surface area (Å²) in [6.07, 6.45) is 8.98. The summed E-state index contributed by atoms with van der Waals surface area (Å²) in [4.78, 5) is 4.66. The molecule has 0 radical (unpaired) electrons. The lowest BCUT2D eigenvalue weighted by molar-refractivity contribution is 0.621. The minimum atomic E-state index is 0.217. The van der Waals surface area contributed by atoms with Crippen LogP contribution >= 0.6 is 11.3 Å². The maximum Gasteiger partial charge on any atom is 0.110 e. The van der Waals surface area contributed by atoms with Crippen LogP contribution in [0.2, 0.25) is 0 Å². The lowest BCUT2D eigenvalue weighted by atomic mass is 10.1. The van der Waals surface area contributed by atoms with E-state index in [2.05, 4.69) is 17.3 Å². The Balaban J connectivity index is 1.77. The van der Waals surface area contributed by atoms with E-state index >= 15 is 0 Å². The second-order valence-corrected chi connectivity index (χ2v) is 5.74. The van der Waals surface area contributed by atoms with Gasteiger partial charge in [-0.2, -0.15) is 0 Å². The Labute approximate surface area is 102 Å². The Morgan fingerprint density at radius 3 is 2.94 bits per heavy atom. The van der Waals surface area contributed by atoms with Gasteiger partial charge in [-0.25, -0.2) is 4.98 Å². The first kappa shape index (κ1) is 12.1. The highest BCUT2D eigenvalue weighted by Crippen LogP contribution is 2.40. The molecule has 1 unspecified atom stereocenters. The third-order valence-corrected chi connectivity index (χ3v) is 4.27. The average molecular weight is 238 g/mol. The maximum atomic E-state index is 6.14. The van der Waals surface area contributed by atoms with Crippen LogP contribution in [0.15, 0.2) is 5.38 Å². The summed E-state index contributed by atoms with van der Waals surface area (Å²) < 4.78 is 0. The second-order valence-electron chi connectivity index (χ2n) is 4.85. The molecule has 1 atom stereocenters. The summed E-state index contributed by atoms with van der Waals surface area (Å²) in [6, 6.07) is 0.217. The first-order valence-corrected chi connectivity index (χ1v) is 7.39. The van der Waals surface area contributed by atoms with Crippen LogP contribution in [-0.4, -0.2) is 4.98 Å². The van der Waals surface area contributed by atoms with Gasteiger partial charge in [0.25, 0.3) is 0 Å². The topological polar surface area (TPSA) is 38.9 Å². The monoisotopic (exact) mass is 238 g/mol. The van der Waals surface area contributed by atoms with Crippen molar-refractivity contribution in [3.8, 4) is 0 Å². The van der Waals surface area contributed by atoms with Gasteiger partial charge in [0.1, 0.15) is 5.01 Å². The normalized spacial score (nSPS) is 17.6. The molecule has 1 aromatic heterocycles. The fourth-order valence-corrected chi connectivity index (χ4v) is 2.93. The summed E-state index contributed by atoms with van der Waals surface area (Å²) in [5, 5.41) is 3.36. The van der Waals surface area contributed by atoms with E-state index in [-0.39, 0.29) is 6.04 Å². The lowest BCUT2D eigenvalue weighted by Crippen LogP contribution is -2.11. The van der Waals surface area contributed by atoms with E-state index in [1.165, 1.54) is 44.2 Å². The minimum absolute atomic E-state index is 0.217. The Morgan fingerprint density at radius 2 is 2.25 bits per heavy atom. The molecule has 1 aromatic rings. The SMILES string of the molecule is CCCCCCc1csc(C(N)C2CC2)n1. The van der Waals surface area contributed by atoms with Crippen LogP contribution in [0.5, 0.6) is 0 Å². The molecule has 0 saturated heterocycles. The number of hydrogen-bond donors (Lipinski definition) is 1. The maximum absolute atomic E-state index is 6.14. The smallest absolute Gasteiger partial charge is 0.110 e. The number of rotatable bonds is 7. The van der Waals surface area contributed by atoms with Gasteiger partial charge < -0.3 is 5.73 Å². The number of aryl methyl sites for hydroxylation is 1. The molecule has 1 aliphatic rings. The van der Waals surface area contributed by atoms with E-state index in [0.29, 0.717) is 0 Å². The van der Waals surface area contributed by atoms with Gasteiger partial charge in [-0.3, -0.25) is 0 Å². The Hall–Kier alpha value is -0.410. The Bertz CT molecular complexity index is 317. The van der Waals surface area contributed by atoms with Crippen molar-refractivity contribution in [2.24, 2.45) is 11.7 Å². The van der Waals surface area contributed by atoms with Crippen LogP contribution in [0.3, 0.4) is 0 Å². The van der Waals surface area contributed by atoms with Crippen LogP contribution in [0, 0.1) is 5.92 Å². The van der Waals surface area contributed by atoms with Crippen molar-refractivity contribution in [2.45, 2.75) is 57.9 Å². The summed E-state index contributed by atoms with van der Waals surface area (Å²) in [5.41, 5.74) is 7.39. The molecule has 3 heteroatoms. The van der Waals surface area contributed by atoms with E-state index in [1.54, 1.807) is 11.3 Å². The third kappa shape index (κ3) is 3.29. The van der Waals surface area contributed by atoms with Gasteiger partial charge in [0.15, 0.2) is 0 Å². The molecule has 1 fully saturated rings. The Kier molecular flexibility index (Phi) is 4.36. The highest BCUT2D eigenvalue weighted by molar-refractivity contribution is 7.09. The van der Waals surface area contributed by atoms with Crippen LogP contribution in [-0.2, 0) is 6.42 Å². The molecular formula is C13H22N2S. The molecule has 0 amide bonds. The minimum Gasteiger partial charge on any atom is -0.322 e. The first-order chi connectivity index (χ1) is 7.81. The van der Waals surface area contributed by atoms with Crippen molar-refractivity contribution in [3.05, 3.63) is 16.1 Å². The molecule has 0 bridgehead atoms. The van der Waals surface area contributed by atoms with E-state index in [4.69, 9.17) is 5.73 Å². The molecule has 1 aliphatic carbocycles. The van der Waals surface area contributed by atoms with Crippen LogP contribution in [0.1, 0.15) is 62.2 Å². The summed E-state index contributed by atoms with van der Waals surface area (Å²) in [5.74, 6) is 0.721. The van der Waals surface area contributed by atoms with Crippen LogP contribution < -0.4 is 5.73 Å². The summed E-state index contributed by atoms with van der Waals surface area (Å²) >= 11 is 1.75. The highest BCUT2D eigenvalue weighted by atomic mass is 32.1. The number of unbranched alkanes of at least 4 members (excludes halogenated alkanes) is 3. The molecular weight excluding hydrogens is 216 g/mol. The van der Waals surface area contributed by atoms with Crippen molar-refractivity contribution in [1.29, 1.82) is 0 Å². The van der Waals surface area contributed by atoms with E-state index in [0.717, 1.165) is 17.3 Å². The Morgan fingerprint density at radius 1 is 1.44 bits per heavy atom.